The van der Waals surface area contributed by atoms with Gasteiger partial charge >= 0.3 is 0 Å². The summed E-state index contributed by atoms with van der Waals surface area (Å²) in [6.07, 6.45) is 0.769. The monoisotopic (exact) mass is 268 g/mol. The quantitative estimate of drug-likeness (QED) is 0.913. The second-order valence-electron chi connectivity index (χ2n) is 3.11. The van der Waals surface area contributed by atoms with Crippen LogP contribution in [0.3, 0.4) is 0 Å². The van der Waals surface area contributed by atoms with E-state index in [1.165, 1.54) is 0 Å². The summed E-state index contributed by atoms with van der Waals surface area (Å²) in [5.74, 6) is 0.764. The molecule has 0 saturated heterocycles. The van der Waals surface area contributed by atoms with Crippen molar-refractivity contribution in [2.75, 3.05) is 12.4 Å². The third-order valence-corrected chi connectivity index (χ3v) is 2.47. The van der Waals surface area contributed by atoms with Crippen molar-refractivity contribution < 1.29 is 4.74 Å². The number of hydrogen-bond acceptors (Lipinski definition) is 3. The Morgan fingerprint density at radius 3 is 2.80 bits per heavy atom. The minimum atomic E-state index is -0.163. The van der Waals surface area contributed by atoms with E-state index in [1.54, 1.807) is 7.11 Å². The summed E-state index contributed by atoms with van der Waals surface area (Å²) < 4.78 is 6.06. The summed E-state index contributed by atoms with van der Waals surface area (Å²) in [5.41, 5.74) is 0.884. The average Bonchev–Trinajstić information content (AvgIpc) is 2.25. The Kier molecular flexibility index (Phi) is 4.44. The number of anilines is 1. The van der Waals surface area contributed by atoms with E-state index in [-0.39, 0.29) is 6.04 Å². The van der Waals surface area contributed by atoms with Crippen molar-refractivity contribution >= 4 is 21.6 Å². The number of hydrogen-bond donors (Lipinski definition) is 1. The van der Waals surface area contributed by atoms with Crippen LogP contribution in [0.15, 0.2) is 22.7 Å². The van der Waals surface area contributed by atoms with E-state index in [0.29, 0.717) is 0 Å². The van der Waals surface area contributed by atoms with Crippen LogP contribution in [0.4, 0.5) is 5.69 Å². The minimum absolute atomic E-state index is 0.163. The molecule has 0 spiro atoms. The van der Waals surface area contributed by atoms with Gasteiger partial charge in [-0.15, -0.1) is 0 Å². The Hall–Kier alpha value is -1.21. The van der Waals surface area contributed by atoms with E-state index in [2.05, 4.69) is 27.3 Å². The van der Waals surface area contributed by atoms with Gasteiger partial charge in [0, 0.05) is 16.2 Å². The SMILES string of the molecule is CCC(C#N)Nc1cc(Br)cc(OC)c1. The molecule has 0 amide bonds. The molecular weight excluding hydrogens is 256 g/mol. The molecule has 0 bridgehead atoms. The van der Waals surface area contributed by atoms with Crippen molar-refractivity contribution in [1.29, 1.82) is 5.26 Å². The Labute approximate surface area is 98.2 Å². The topological polar surface area (TPSA) is 45.0 Å². The predicted molar refractivity (Wildman–Crippen MR) is 64.0 cm³/mol. The molecule has 0 aliphatic rings. The highest BCUT2D eigenvalue weighted by Crippen LogP contribution is 2.25. The molecule has 0 radical (unpaired) electrons. The maximum absolute atomic E-state index is 8.83. The molecule has 0 aliphatic carbocycles. The highest BCUT2D eigenvalue weighted by molar-refractivity contribution is 9.10. The lowest BCUT2D eigenvalue weighted by molar-refractivity contribution is 0.414. The molecule has 1 rings (SSSR count). The van der Waals surface area contributed by atoms with E-state index in [0.717, 1.165) is 22.3 Å². The van der Waals surface area contributed by atoms with Gasteiger partial charge in [-0.2, -0.15) is 5.26 Å². The molecule has 1 unspecified atom stereocenters. The van der Waals surface area contributed by atoms with Crippen LogP contribution in [0, 0.1) is 11.3 Å². The zero-order chi connectivity index (χ0) is 11.3. The molecule has 0 aromatic heterocycles. The smallest absolute Gasteiger partial charge is 0.122 e. The number of halogens is 1. The van der Waals surface area contributed by atoms with E-state index < -0.39 is 0 Å². The van der Waals surface area contributed by atoms with Crippen molar-refractivity contribution in [2.24, 2.45) is 0 Å². The number of ether oxygens (including phenoxy) is 1. The zero-order valence-electron chi connectivity index (χ0n) is 8.75. The first-order chi connectivity index (χ1) is 7.19. The van der Waals surface area contributed by atoms with Gasteiger partial charge in [-0.05, 0) is 18.6 Å². The van der Waals surface area contributed by atoms with Gasteiger partial charge in [0.1, 0.15) is 11.8 Å². The van der Waals surface area contributed by atoms with Crippen LogP contribution in [-0.2, 0) is 0 Å². The number of nitrogens with one attached hydrogen (secondary N) is 1. The standard InChI is InChI=1S/C11H13BrN2O/c1-3-9(7-13)14-10-4-8(12)5-11(6-10)15-2/h4-6,9,14H,3H2,1-2H3. The molecule has 0 heterocycles. The van der Waals surface area contributed by atoms with Crippen molar-refractivity contribution in [2.45, 2.75) is 19.4 Å². The predicted octanol–water partition coefficient (Wildman–Crippen LogP) is 3.17. The summed E-state index contributed by atoms with van der Waals surface area (Å²) in [5, 5.41) is 12.0. The Morgan fingerprint density at radius 2 is 2.27 bits per heavy atom. The zero-order valence-corrected chi connectivity index (χ0v) is 10.3. The van der Waals surface area contributed by atoms with Gasteiger partial charge in [0.15, 0.2) is 0 Å². The number of benzene rings is 1. The summed E-state index contributed by atoms with van der Waals surface area (Å²) in [4.78, 5) is 0. The van der Waals surface area contributed by atoms with Crippen LogP contribution >= 0.6 is 15.9 Å². The number of rotatable bonds is 4. The van der Waals surface area contributed by atoms with E-state index in [4.69, 9.17) is 10.00 Å². The third-order valence-electron chi connectivity index (χ3n) is 2.01. The third kappa shape index (κ3) is 3.45. The highest BCUT2D eigenvalue weighted by Gasteiger charge is 2.05. The van der Waals surface area contributed by atoms with Crippen molar-refractivity contribution in [3.8, 4) is 11.8 Å². The highest BCUT2D eigenvalue weighted by atomic mass is 79.9. The van der Waals surface area contributed by atoms with Gasteiger partial charge in [-0.1, -0.05) is 22.9 Å². The van der Waals surface area contributed by atoms with Gasteiger partial charge in [-0.3, -0.25) is 0 Å². The van der Waals surface area contributed by atoms with E-state index >= 15 is 0 Å². The molecule has 0 fully saturated rings. The molecule has 3 nitrogen and oxygen atoms in total. The van der Waals surface area contributed by atoms with Gasteiger partial charge in [-0.25, -0.2) is 0 Å². The lowest BCUT2D eigenvalue weighted by atomic mass is 10.2. The second kappa shape index (κ2) is 5.62. The van der Waals surface area contributed by atoms with Crippen molar-refractivity contribution in [3.05, 3.63) is 22.7 Å². The number of nitriles is 1. The molecule has 1 atom stereocenters. The maximum Gasteiger partial charge on any atom is 0.122 e. The summed E-state index contributed by atoms with van der Waals surface area (Å²) in [6, 6.07) is 7.69. The number of methoxy groups -OCH3 is 1. The fraction of sp³-hybridized carbons (Fsp3) is 0.364. The fourth-order valence-electron chi connectivity index (χ4n) is 1.19. The van der Waals surface area contributed by atoms with Crippen molar-refractivity contribution in [3.63, 3.8) is 0 Å². The number of nitrogens with zero attached hydrogens (tertiary/aromatic N) is 1. The lowest BCUT2D eigenvalue weighted by Gasteiger charge is -2.12. The molecule has 0 aliphatic heterocycles. The molecular formula is C11H13BrN2O. The van der Waals surface area contributed by atoms with Crippen LogP contribution in [0.2, 0.25) is 0 Å². The summed E-state index contributed by atoms with van der Waals surface area (Å²) in [7, 11) is 1.62. The average molecular weight is 269 g/mol. The van der Waals surface area contributed by atoms with Crippen LogP contribution in [-0.4, -0.2) is 13.2 Å². The summed E-state index contributed by atoms with van der Waals surface area (Å²) >= 11 is 3.38. The molecule has 80 valence electrons. The molecule has 1 aromatic carbocycles. The van der Waals surface area contributed by atoms with Crippen LogP contribution < -0.4 is 10.1 Å². The van der Waals surface area contributed by atoms with Crippen molar-refractivity contribution in [1.82, 2.24) is 0 Å². The van der Waals surface area contributed by atoms with Crippen LogP contribution in [0.5, 0.6) is 5.75 Å². The first-order valence-corrected chi connectivity index (χ1v) is 5.49. The molecule has 4 heteroatoms. The van der Waals surface area contributed by atoms with E-state index in [1.807, 2.05) is 25.1 Å². The maximum atomic E-state index is 8.83. The van der Waals surface area contributed by atoms with E-state index in [9.17, 15) is 0 Å². The van der Waals surface area contributed by atoms with Gasteiger partial charge in [0.2, 0.25) is 0 Å². The minimum Gasteiger partial charge on any atom is -0.497 e. The van der Waals surface area contributed by atoms with Gasteiger partial charge in [0.25, 0.3) is 0 Å². The Bertz CT molecular complexity index is 373. The van der Waals surface area contributed by atoms with Crippen LogP contribution in [0.1, 0.15) is 13.3 Å². The first kappa shape index (κ1) is 11.9. The largest absolute Gasteiger partial charge is 0.497 e. The van der Waals surface area contributed by atoms with Gasteiger partial charge in [0.05, 0.1) is 13.2 Å². The molecule has 1 N–H and O–H groups in total. The first-order valence-electron chi connectivity index (χ1n) is 4.70. The fourth-order valence-corrected chi connectivity index (χ4v) is 1.66. The molecule has 1 aromatic rings. The molecule has 15 heavy (non-hydrogen) atoms. The Morgan fingerprint density at radius 1 is 1.53 bits per heavy atom. The Balaban J connectivity index is 2.85. The van der Waals surface area contributed by atoms with Crippen LogP contribution in [0.25, 0.3) is 0 Å². The van der Waals surface area contributed by atoms with Gasteiger partial charge < -0.3 is 10.1 Å². The lowest BCUT2D eigenvalue weighted by Crippen LogP contribution is -2.15. The molecule has 0 saturated carbocycles. The second-order valence-corrected chi connectivity index (χ2v) is 4.03. The normalized spacial score (nSPS) is 11.6. The summed E-state index contributed by atoms with van der Waals surface area (Å²) in [6.45, 7) is 1.97.